The fraction of sp³-hybridized carbons (Fsp3) is 0.533. The number of rotatable bonds is 5. The number of hydrogen-bond donors (Lipinski definition) is 2. The summed E-state index contributed by atoms with van der Waals surface area (Å²) in [5.74, 6) is 0.721. The highest BCUT2D eigenvalue weighted by Crippen LogP contribution is 2.35. The summed E-state index contributed by atoms with van der Waals surface area (Å²) in [6, 6.07) is 5.24. The van der Waals surface area contributed by atoms with Gasteiger partial charge < -0.3 is 25.1 Å². The van der Waals surface area contributed by atoms with Gasteiger partial charge in [0.25, 0.3) is 0 Å². The zero-order valence-corrected chi connectivity index (χ0v) is 12.3. The summed E-state index contributed by atoms with van der Waals surface area (Å²) in [6.45, 7) is -0.0612. The average molecular weight is 295 g/mol. The van der Waals surface area contributed by atoms with Crippen LogP contribution in [0.4, 0.5) is 0 Å². The van der Waals surface area contributed by atoms with E-state index in [0.717, 1.165) is 5.56 Å². The lowest BCUT2D eigenvalue weighted by Gasteiger charge is -2.21. The zero-order chi connectivity index (χ0) is 15.5. The molecule has 1 fully saturated rings. The van der Waals surface area contributed by atoms with Crippen molar-refractivity contribution in [3.63, 3.8) is 0 Å². The molecule has 0 bridgehead atoms. The summed E-state index contributed by atoms with van der Waals surface area (Å²) < 4.78 is 15.9. The molecule has 0 aliphatic heterocycles. The fourth-order valence-corrected chi connectivity index (χ4v) is 2.61. The van der Waals surface area contributed by atoms with E-state index in [1.54, 1.807) is 25.3 Å². The first-order valence-corrected chi connectivity index (χ1v) is 6.84. The van der Waals surface area contributed by atoms with Gasteiger partial charge in [-0.2, -0.15) is 0 Å². The molecule has 0 heterocycles. The number of ether oxygens (including phenoxy) is 3. The van der Waals surface area contributed by atoms with Gasteiger partial charge in [-0.25, -0.2) is 0 Å². The number of esters is 1. The third kappa shape index (κ3) is 3.28. The third-order valence-corrected chi connectivity index (χ3v) is 3.80. The quantitative estimate of drug-likeness (QED) is 0.787. The summed E-state index contributed by atoms with van der Waals surface area (Å²) in [6.07, 6.45) is 1.45. The number of benzene rings is 1. The molecule has 1 aliphatic carbocycles. The van der Waals surface area contributed by atoms with E-state index in [2.05, 4.69) is 0 Å². The van der Waals surface area contributed by atoms with E-state index in [1.807, 2.05) is 0 Å². The molecule has 2 unspecified atom stereocenters. The van der Waals surface area contributed by atoms with Crippen LogP contribution in [0, 0.1) is 0 Å². The van der Waals surface area contributed by atoms with Crippen molar-refractivity contribution in [2.24, 2.45) is 5.73 Å². The van der Waals surface area contributed by atoms with E-state index in [9.17, 15) is 4.79 Å². The van der Waals surface area contributed by atoms with Crippen molar-refractivity contribution in [2.45, 2.75) is 37.5 Å². The number of nitrogens with two attached hydrogens (primary N) is 1. The van der Waals surface area contributed by atoms with Crippen LogP contribution in [0.15, 0.2) is 18.2 Å². The summed E-state index contributed by atoms with van der Waals surface area (Å²) >= 11 is 0. The summed E-state index contributed by atoms with van der Waals surface area (Å²) in [5.41, 5.74) is 5.82. The number of aliphatic hydroxyl groups is 1. The van der Waals surface area contributed by atoms with Crippen molar-refractivity contribution in [1.82, 2.24) is 0 Å². The van der Waals surface area contributed by atoms with Gasteiger partial charge in [-0.15, -0.1) is 0 Å². The minimum atomic E-state index is -0.975. The second kappa shape index (κ2) is 6.32. The number of carbonyl (C=O) groups is 1. The molecule has 0 spiro atoms. The Balaban J connectivity index is 2.08. The molecule has 6 nitrogen and oxygen atoms in total. The number of carbonyl (C=O) groups excluding carboxylic acids is 1. The topological polar surface area (TPSA) is 91.0 Å². The zero-order valence-electron chi connectivity index (χ0n) is 12.3. The molecule has 6 heteroatoms. The van der Waals surface area contributed by atoms with Crippen molar-refractivity contribution in [3.8, 4) is 11.5 Å². The molecule has 2 atom stereocenters. The van der Waals surface area contributed by atoms with Crippen molar-refractivity contribution in [1.29, 1.82) is 0 Å². The normalized spacial score (nSPS) is 24.7. The van der Waals surface area contributed by atoms with Crippen LogP contribution in [-0.2, 0) is 16.1 Å². The Kier molecular flexibility index (Phi) is 4.69. The largest absolute Gasteiger partial charge is 0.493 e. The SMILES string of the molecule is COC(=O)C1(N)CCC(Oc2ccc(CO)cc2OC)C1. The van der Waals surface area contributed by atoms with Gasteiger partial charge in [-0.05, 0) is 30.5 Å². The Morgan fingerprint density at radius 3 is 2.81 bits per heavy atom. The van der Waals surface area contributed by atoms with E-state index < -0.39 is 11.5 Å². The number of aliphatic hydroxyl groups excluding tert-OH is 1. The van der Waals surface area contributed by atoms with Crippen LogP contribution in [0.1, 0.15) is 24.8 Å². The minimum absolute atomic E-state index is 0.0612. The second-order valence-corrected chi connectivity index (χ2v) is 5.27. The monoisotopic (exact) mass is 295 g/mol. The van der Waals surface area contributed by atoms with Gasteiger partial charge in [-0.3, -0.25) is 4.79 Å². The summed E-state index contributed by atoms with van der Waals surface area (Å²) in [5, 5.41) is 9.13. The molecule has 2 rings (SSSR count). The molecule has 0 saturated heterocycles. The van der Waals surface area contributed by atoms with Crippen molar-refractivity contribution in [3.05, 3.63) is 23.8 Å². The van der Waals surface area contributed by atoms with E-state index in [4.69, 9.17) is 25.1 Å². The number of hydrogen-bond acceptors (Lipinski definition) is 6. The van der Waals surface area contributed by atoms with Crippen molar-refractivity contribution in [2.75, 3.05) is 14.2 Å². The molecule has 1 aromatic carbocycles. The highest BCUT2D eigenvalue weighted by molar-refractivity contribution is 5.80. The van der Waals surface area contributed by atoms with E-state index in [0.29, 0.717) is 30.8 Å². The lowest BCUT2D eigenvalue weighted by Crippen LogP contribution is -2.47. The van der Waals surface area contributed by atoms with Crippen LogP contribution in [0.3, 0.4) is 0 Å². The standard InChI is InChI=1S/C15H21NO5/c1-19-13-7-10(9-17)3-4-12(13)21-11-5-6-15(16,8-11)14(18)20-2/h3-4,7,11,17H,5-6,8-9,16H2,1-2H3. The molecule has 116 valence electrons. The smallest absolute Gasteiger partial charge is 0.325 e. The second-order valence-electron chi connectivity index (χ2n) is 5.27. The molecule has 0 aromatic heterocycles. The van der Waals surface area contributed by atoms with Crippen LogP contribution in [0.5, 0.6) is 11.5 Å². The van der Waals surface area contributed by atoms with Gasteiger partial charge in [0.05, 0.1) is 20.8 Å². The molecule has 3 N–H and O–H groups in total. The molecule has 1 aliphatic rings. The third-order valence-electron chi connectivity index (χ3n) is 3.80. The van der Waals surface area contributed by atoms with Crippen LogP contribution >= 0.6 is 0 Å². The number of methoxy groups -OCH3 is 2. The summed E-state index contributed by atoms with van der Waals surface area (Å²) in [7, 11) is 2.88. The van der Waals surface area contributed by atoms with Crippen LogP contribution in [0.25, 0.3) is 0 Å². The highest BCUT2D eigenvalue weighted by atomic mass is 16.5. The maximum Gasteiger partial charge on any atom is 0.325 e. The van der Waals surface area contributed by atoms with Crippen LogP contribution < -0.4 is 15.2 Å². The molecule has 21 heavy (non-hydrogen) atoms. The van der Waals surface area contributed by atoms with Gasteiger partial charge in [0, 0.05) is 6.42 Å². The van der Waals surface area contributed by atoms with Crippen LogP contribution in [0.2, 0.25) is 0 Å². The Bertz CT molecular complexity index is 519. The summed E-state index contributed by atoms with van der Waals surface area (Å²) in [4.78, 5) is 11.7. The maximum absolute atomic E-state index is 11.7. The Morgan fingerprint density at radius 1 is 1.43 bits per heavy atom. The Hall–Kier alpha value is -1.79. The molecule has 0 radical (unpaired) electrons. The van der Waals surface area contributed by atoms with Gasteiger partial charge in [-0.1, -0.05) is 6.07 Å². The lowest BCUT2D eigenvalue weighted by atomic mass is 10.00. The molecule has 0 amide bonds. The fourth-order valence-electron chi connectivity index (χ4n) is 2.61. The van der Waals surface area contributed by atoms with Crippen LogP contribution in [-0.4, -0.2) is 36.9 Å². The van der Waals surface area contributed by atoms with E-state index in [-0.39, 0.29) is 12.7 Å². The van der Waals surface area contributed by atoms with Crippen molar-refractivity contribution < 1.29 is 24.1 Å². The molecule has 1 aromatic rings. The van der Waals surface area contributed by atoms with Gasteiger partial charge in [0.1, 0.15) is 11.6 Å². The van der Waals surface area contributed by atoms with E-state index >= 15 is 0 Å². The van der Waals surface area contributed by atoms with Gasteiger partial charge in [0.2, 0.25) is 0 Å². The first-order chi connectivity index (χ1) is 10.0. The highest BCUT2D eigenvalue weighted by Gasteiger charge is 2.44. The van der Waals surface area contributed by atoms with Crippen molar-refractivity contribution >= 4 is 5.97 Å². The first kappa shape index (κ1) is 15.6. The van der Waals surface area contributed by atoms with Gasteiger partial charge >= 0.3 is 5.97 Å². The first-order valence-electron chi connectivity index (χ1n) is 6.84. The predicted octanol–water partition coefficient (Wildman–Crippen LogP) is 0.989. The minimum Gasteiger partial charge on any atom is -0.493 e. The predicted molar refractivity (Wildman–Crippen MR) is 76.1 cm³/mol. The molecular formula is C15H21NO5. The molecular weight excluding hydrogens is 274 g/mol. The Labute approximate surface area is 123 Å². The Morgan fingerprint density at radius 2 is 2.19 bits per heavy atom. The maximum atomic E-state index is 11.7. The average Bonchev–Trinajstić information content (AvgIpc) is 2.89. The van der Waals surface area contributed by atoms with E-state index in [1.165, 1.54) is 7.11 Å². The lowest BCUT2D eigenvalue weighted by molar-refractivity contribution is -0.147. The molecule has 1 saturated carbocycles. The van der Waals surface area contributed by atoms with Gasteiger partial charge in [0.15, 0.2) is 11.5 Å².